The fourth-order valence-corrected chi connectivity index (χ4v) is 3.01. The molecule has 8 heteroatoms. The van der Waals surface area contributed by atoms with E-state index in [2.05, 4.69) is 14.3 Å². The number of hydrogen-bond acceptors (Lipinski definition) is 4. The fraction of sp³-hybridized carbons (Fsp3) is 0.692. The fourth-order valence-electron chi connectivity index (χ4n) is 2.62. The number of aromatic nitrogens is 2. The van der Waals surface area contributed by atoms with Crippen molar-refractivity contribution in [2.75, 3.05) is 25.9 Å². The Hall–Kier alpha value is -1.41. The van der Waals surface area contributed by atoms with Gasteiger partial charge in [0.15, 0.2) is 0 Å². The molecule has 1 N–H and O–H groups in total. The van der Waals surface area contributed by atoms with Crippen molar-refractivity contribution in [3.8, 4) is 0 Å². The third kappa shape index (κ3) is 4.82. The molecule has 1 aliphatic rings. The minimum absolute atomic E-state index is 0.157. The topological polar surface area (TPSA) is 84.3 Å². The van der Waals surface area contributed by atoms with Gasteiger partial charge in [-0.15, -0.1) is 0 Å². The predicted octanol–water partition coefficient (Wildman–Crippen LogP) is -0.0207. The predicted molar refractivity (Wildman–Crippen MR) is 79.1 cm³/mol. The summed E-state index contributed by atoms with van der Waals surface area (Å²) < 4.78 is 26.4. The Morgan fingerprint density at radius 2 is 2.29 bits per heavy atom. The Labute approximate surface area is 125 Å². The van der Waals surface area contributed by atoms with Crippen LogP contribution in [-0.2, 0) is 21.4 Å². The van der Waals surface area contributed by atoms with Crippen LogP contribution in [0.25, 0.3) is 0 Å². The quantitative estimate of drug-likeness (QED) is 0.828. The summed E-state index contributed by atoms with van der Waals surface area (Å²) in [5.41, 5.74) is 0. The van der Waals surface area contributed by atoms with Gasteiger partial charge in [0, 0.05) is 32.0 Å². The van der Waals surface area contributed by atoms with Crippen molar-refractivity contribution in [2.45, 2.75) is 26.3 Å². The second-order valence-corrected chi connectivity index (χ2v) is 7.40. The van der Waals surface area contributed by atoms with Crippen LogP contribution in [0.3, 0.4) is 0 Å². The monoisotopic (exact) mass is 314 g/mol. The molecule has 1 atom stereocenters. The lowest BCUT2D eigenvalue weighted by molar-refractivity contribution is -0.131. The Kier molecular flexibility index (Phi) is 5.00. The molecule has 0 aliphatic carbocycles. The molecule has 1 fully saturated rings. The molecule has 21 heavy (non-hydrogen) atoms. The number of amides is 1. The van der Waals surface area contributed by atoms with Crippen LogP contribution in [0.15, 0.2) is 12.4 Å². The number of nitrogens with one attached hydrogen (secondary N) is 1. The number of sulfonamides is 1. The molecule has 0 aromatic carbocycles. The third-order valence-corrected chi connectivity index (χ3v) is 4.40. The highest BCUT2D eigenvalue weighted by molar-refractivity contribution is 7.88. The summed E-state index contributed by atoms with van der Waals surface area (Å²) in [6.45, 7) is 4.01. The normalized spacial score (nSPS) is 19.7. The van der Waals surface area contributed by atoms with Crippen LogP contribution in [0, 0.1) is 12.8 Å². The molecule has 1 aliphatic heterocycles. The van der Waals surface area contributed by atoms with E-state index < -0.39 is 10.0 Å². The van der Waals surface area contributed by atoms with Gasteiger partial charge in [0.25, 0.3) is 0 Å². The number of likely N-dealkylation sites (tertiary alicyclic amines) is 1. The largest absolute Gasteiger partial charge is 0.341 e. The van der Waals surface area contributed by atoms with Crippen molar-refractivity contribution in [1.82, 2.24) is 19.2 Å². The molecule has 1 aromatic rings. The van der Waals surface area contributed by atoms with Crippen LogP contribution >= 0.6 is 0 Å². The summed E-state index contributed by atoms with van der Waals surface area (Å²) in [6, 6.07) is 0. The zero-order chi connectivity index (χ0) is 15.5. The highest BCUT2D eigenvalue weighted by Gasteiger charge is 2.24. The molecule has 1 saturated heterocycles. The van der Waals surface area contributed by atoms with E-state index in [0.29, 0.717) is 19.0 Å². The number of aryl methyl sites for hydroxylation is 1. The van der Waals surface area contributed by atoms with E-state index >= 15 is 0 Å². The first kappa shape index (κ1) is 16.0. The van der Waals surface area contributed by atoms with E-state index in [0.717, 1.165) is 31.5 Å². The van der Waals surface area contributed by atoms with E-state index in [1.165, 1.54) is 0 Å². The number of piperidine rings is 1. The average molecular weight is 314 g/mol. The molecule has 2 rings (SSSR count). The molecule has 0 spiro atoms. The average Bonchev–Trinajstić information content (AvgIpc) is 2.81. The third-order valence-electron chi connectivity index (χ3n) is 3.74. The van der Waals surface area contributed by atoms with E-state index in [-0.39, 0.29) is 12.5 Å². The Morgan fingerprint density at radius 1 is 1.52 bits per heavy atom. The second-order valence-electron chi connectivity index (χ2n) is 5.57. The number of carbonyl (C=O) groups excluding carboxylic acids is 1. The SMILES string of the molecule is Cc1nccn1C[C@@H]1CCCN(C(=O)CNS(C)(=O)=O)C1. The van der Waals surface area contributed by atoms with Gasteiger partial charge in [0.05, 0.1) is 12.8 Å². The van der Waals surface area contributed by atoms with Gasteiger partial charge in [-0.3, -0.25) is 4.79 Å². The zero-order valence-corrected chi connectivity index (χ0v) is 13.3. The molecule has 1 aromatic heterocycles. The lowest BCUT2D eigenvalue weighted by Crippen LogP contribution is -2.45. The van der Waals surface area contributed by atoms with Gasteiger partial charge in [0.1, 0.15) is 5.82 Å². The smallest absolute Gasteiger partial charge is 0.237 e. The Bertz CT molecular complexity index is 596. The number of carbonyl (C=O) groups is 1. The molecule has 0 bridgehead atoms. The van der Waals surface area contributed by atoms with Crippen molar-refractivity contribution < 1.29 is 13.2 Å². The van der Waals surface area contributed by atoms with E-state index in [1.807, 2.05) is 13.1 Å². The Morgan fingerprint density at radius 3 is 2.90 bits per heavy atom. The summed E-state index contributed by atoms with van der Waals surface area (Å²) in [4.78, 5) is 18.0. The molecule has 0 radical (unpaired) electrons. The maximum atomic E-state index is 12.0. The molecule has 2 heterocycles. The van der Waals surface area contributed by atoms with Gasteiger partial charge >= 0.3 is 0 Å². The van der Waals surface area contributed by atoms with Crippen molar-refractivity contribution in [1.29, 1.82) is 0 Å². The number of imidazole rings is 1. The molecule has 7 nitrogen and oxygen atoms in total. The van der Waals surface area contributed by atoms with Crippen LogP contribution in [0.5, 0.6) is 0 Å². The highest BCUT2D eigenvalue weighted by Crippen LogP contribution is 2.19. The van der Waals surface area contributed by atoms with Crippen LogP contribution in [0.4, 0.5) is 0 Å². The van der Waals surface area contributed by atoms with E-state index in [1.54, 1.807) is 11.1 Å². The van der Waals surface area contributed by atoms with Crippen LogP contribution in [0.1, 0.15) is 18.7 Å². The summed E-state index contributed by atoms with van der Waals surface area (Å²) >= 11 is 0. The molecule has 1 amide bonds. The first-order valence-electron chi connectivity index (χ1n) is 7.05. The highest BCUT2D eigenvalue weighted by atomic mass is 32.2. The molecular weight excluding hydrogens is 292 g/mol. The zero-order valence-electron chi connectivity index (χ0n) is 12.4. The Balaban J connectivity index is 1.88. The molecule has 0 saturated carbocycles. The standard InChI is InChI=1S/C13H22N4O3S/c1-11-14-5-7-16(11)9-12-4-3-6-17(10-12)13(18)8-15-21(2,19)20/h5,7,12,15H,3-4,6,8-10H2,1-2H3/t12-/m0/s1. The van der Waals surface area contributed by atoms with Gasteiger partial charge in [0.2, 0.25) is 15.9 Å². The van der Waals surface area contributed by atoms with Crippen LogP contribution in [0.2, 0.25) is 0 Å². The summed E-state index contributed by atoms with van der Waals surface area (Å²) in [5, 5.41) is 0. The molecule has 0 unspecified atom stereocenters. The number of hydrogen-bond donors (Lipinski definition) is 1. The van der Waals surface area contributed by atoms with Gasteiger partial charge in [-0.25, -0.2) is 18.1 Å². The minimum Gasteiger partial charge on any atom is -0.341 e. The van der Waals surface area contributed by atoms with Gasteiger partial charge in [-0.05, 0) is 25.7 Å². The summed E-state index contributed by atoms with van der Waals surface area (Å²) in [5.74, 6) is 1.19. The first-order chi connectivity index (χ1) is 9.85. The maximum absolute atomic E-state index is 12.0. The van der Waals surface area contributed by atoms with E-state index in [9.17, 15) is 13.2 Å². The van der Waals surface area contributed by atoms with Crippen LogP contribution < -0.4 is 4.72 Å². The number of rotatable bonds is 5. The van der Waals surface area contributed by atoms with Crippen LogP contribution in [-0.4, -0.2) is 54.7 Å². The maximum Gasteiger partial charge on any atom is 0.237 e. The molecular formula is C13H22N4O3S. The number of nitrogens with zero attached hydrogens (tertiary/aromatic N) is 3. The van der Waals surface area contributed by atoms with Crippen molar-refractivity contribution in [3.05, 3.63) is 18.2 Å². The molecule has 118 valence electrons. The van der Waals surface area contributed by atoms with Crippen molar-refractivity contribution in [2.24, 2.45) is 5.92 Å². The van der Waals surface area contributed by atoms with Crippen molar-refractivity contribution in [3.63, 3.8) is 0 Å². The lowest BCUT2D eigenvalue weighted by Gasteiger charge is -2.33. The van der Waals surface area contributed by atoms with Crippen molar-refractivity contribution >= 4 is 15.9 Å². The van der Waals surface area contributed by atoms with Gasteiger partial charge in [-0.1, -0.05) is 0 Å². The minimum atomic E-state index is -3.33. The summed E-state index contributed by atoms with van der Waals surface area (Å²) in [6.07, 6.45) is 6.80. The lowest BCUT2D eigenvalue weighted by atomic mass is 9.98. The van der Waals surface area contributed by atoms with Gasteiger partial charge in [-0.2, -0.15) is 0 Å². The first-order valence-corrected chi connectivity index (χ1v) is 8.94. The van der Waals surface area contributed by atoms with Gasteiger partial charge < -0.3 is 9.47 Å². The second kappa shape index (κ2) is 6.57. The van der Waals surface area contributed by atoms with E-state index in [4.69, 9.17) is 0 Å². The summed E-state index contributed by atoms with van der Waals surface area (Å²) in [7, 11) is -3.33.